The third-order valence-corrected chi connectivity index (χ3v) is 2.08. The molecule has 0 rings (SSSR count). The summed E-state index contributed by atoms with van der Waals surface area (Å²) >= 11 is 0. The van der Waals surface area contributed by atoms with Crippen LogP contribution in [-0.4, -0.2) is 37.1 Å². The van der Waals surface area contributed by atoms with Crippen LogP contribution in [0.4, 0.5) is 0 Å². The monoisotopic (exact) mass is 213 g/mol. The fourth-order valence-corrected chi connectivity index (χ4v) is 1.43. The van der Waals surface area contributed by atoms with Gasteiger partial charge < -0.3 is 4.74 Å². The summed E-state index contributed by atoms with van der Waals surface area (Å²) in [6, 6.07) is 0. The lowest BCUT2D eigenvalue weighted by Crippen LogP contribution is -2.32. The molecule has 3 heteroatoms. The molecular formula is C12H23NO2. The van der Waals surface area contributed by atoms with Crippen molar-refractivity contribution in [3.8, 4) is 0 Å². The van der Waals surface area contributed by atoms with Gasteiger partial charge in [-0.25, -0.2) is 0 Å². The van der Waals surface area contributed by atoms with Crippen molar-refractivity contribution in [3.63, 3.8) is 0 Å². The third kappa shape index (κ3) is 8.18. The third-order valence-electron chi connectivity index (χ3n) is 2.08. The van der Waals surface area contributed by atoms with Crippen LogP contribution in [0, 0.1) is 0 Å². The number of nitrogens with zero attached hydrogens (tertiary/aromatic N) is 1. The number of ether oxygens (including phenoxy) is 1. The van der Waals surface area contributed by atoms with Crippen LogP contribution in [0.2, 0.25) is 0 Å². The van der Waals surface area contributed by atoms with Gasteiger partial charge in [-0.05, 0) is 39.3 Å². The highest BCUT2D eigenvalue weighted by Gasteiger charge is 2.09. The number of esters is 1. The molecule has 0 fully saturated rings. The van der Waals surface area contributed by atoms with Crippen molar-refractivity contribution in [1.82, 2.24) is 4.90 Å². The number of unbranched alkanes of at least 4 members (excludes halogenated alkanes) is 1. The van der Waals surface area contributed by atoms with Crippen molar-refractivity contribution in [2.45, 2.75) is 33.1 Å². The molecule has 88 valence electrons. The minimum atomic E-state index is -0.121. The number of carbonyl (C=O) groups is 1. The van der Waals surface area contributed by atoms with Gasteiger partial charge in [-0.3, -0.25) is 9.69 Å². The van der Waals surface area contributed by atoms with Gasteiger partial charge in [-0.1, -0.05) is 13.0 Å². The van der Waals surface area contributed by atoms with Crippen molar-refractivity contribution in [2.24, 2.45) is 0 Å². The molecule has 0 amide bonds. The predicted octanol–water partition coefficient (Wildman–Crippen LogP) is 2.23. The van der Waals surface area contributed by atoms with Crippen molar-refractivity contribution >= 4 is 5.97 Å². The first-order valence-corrected chi connectivity index (χ1v) is 5.73. The number of hydrogen-bond donors (Lipinski definition) is 0. The van der Waals surface area contributed by atoms with Gasteiger partial charge in [0.15, 0.2) is 0 Å². The summed E-state index contributed by atoms with van der Waals surface area (Å²) in [4.78, 5) is 13.4. The molecule has 0 spiro atoms. The Morgan fingerprint density at radius 2 is 2.13 bits per heavy atom. The van der Waals surface area contributed by atoms with Crippen molar-refractivity contribution < 1.29 is 9.53 Å². The Morgan fingerprint density at radius 3 is 2.67 bits per heavy atom. The van der Waals surface area contributed by atoms with Gasteiger partial charge >= 0.3 is 5.97 Å². The van der Waals surface area contributed by atoms with Crippen LogP contribution in [0.25, 0.3) is 0 Å². The number of rotatable bonds is 9. The molecule has 0 aromatic heterocycles. The second-order valence-electron chi connectivity index (χ2n) is 3.51. The summed E-state index contributed by atoms with van der Waals surface area (Å²) in [5, 5.41) is 0. The Kier molecular flexibility index (Phi) is 9.18. The van der Waals surface area contributed by atoms with Crippen LogP contribution in [0.3, 0.4) is 0 Å². The molecule has 0 aromatic carbocycles. The summed E-state index contributed by atoms with van der Waals surface area (Å²) in [6.07, 6.45) is 5.04. The topological polar surface area (TPSA) is 29.5 Å². The smallest absolute Gasteiger partial charge is 0.320 e. The first-order valence-electron chi connectivity index (χ1n) is 5.73. The molecule has 0 radical (unpaired) electrons. The largest absolute Gasteiger partial charge is 0.465 e. The summed E-state index contributed by atoms with van der Waals surface area (Å²) < 4.78 is 4.92. The number of allylic oxidation sites excluding steroid dienone is 1. The number of carbonyl (C=O) groups excluding carboxylic acids is 1. The number of hydrogen-bond acceptors (Lipinski definition) is 3. The molecule has 0 aliphatic carbocycles. The van der Waals surface area contributed by atoms with Gasteiger partial charge in [-0.2, -0.15) is 0 Å². The Labute approximate surface area is 93.1 Å². The maximum Gasteiger partial charge on any atom is 0.320 e. The Balaban J connectivity index is 3.80. The molecule has 0 saturated carbocycles. The molecule has 15 heavy (non-hydrogen) atoms. The Morgan fingerprint density at radius 1 is 1.40 bits per heavy atom. The van der Waals surface area contributed by atoms with Crippen molar-refractivity contribution in [2.75, 3.05) is 26.2 Å². The van der Waals surface area contributed by atoms with Crippen LogP contribution in [0.15, 0.2) is 12.7 Å². The van der Waals surface area contributed by atoms with Crippen LogP contribution in [0.1, 0.15) is 33.1 Å². The minimum Gasteiger partial charge on any atom is -0.465 e. The zero-order valence-corrected chi connectivity index (χ0v) is 10.00. The van der Waals surface area contributed by atoms with E-state index in [1.54, 1.807) is 0 Å². The standard InChI is InChI=1S/C12H23NO2/c1-4-7-8-10-13(9-5-2)11-12(14)15-6-3/h4H,1,5-11H2,2-3H3. The second-order valence-corrected chi connectivity index (χ2v) is 3.51. The Bertz CT molecular complexity index is 180. The highest BCUT2D eigenvalue weighted by atomic mass is 16.5. The van der Waals surface area contributed by atoms with Crippen LogP contribution >= 0.6 is 0 Å². The van der Waals surface area contributed by atoms with Gasteiger partial charge in [-0.15, -0.1) is 6.58 Å². The molecule has 0 heterocycles. The molecule has 0 atom stereocenters. The fourth-order valence-electron chi connectivity index (χ4n) is 1.43. The maximum atomic E-state index is 11.3. The molecule has 0 saturated heterocycles. The molecule has 0 N–H and O–H groups in total. The zero-order chi connectivity index (χ0) is 11.5. The van der Waals surface area contributed by atoms with Gasteiger partial charge in [0.25, 0.3) is 0 Å². The van der Waals surface area contributed by atoms with E-state index in [0.29, 0.717) is 13.2 Å². The van der Waals surface area contributed by atoms with Gasteiger partial charge in [0.2, 0.25) is 0 Å². The molecule has 0 unspecified atom stereocenters. The van der Waals surface area contributed by atoms with E-state index in [9.17, 15) is 4.79 Å². The fraction of sp³-hybridized carbons (Fsp3) is 0.750. The van der Waals surface area contributed by atoms with Crippen molar-refractivity contribution in [1.29, 1.82) is 0 Å². The van der Waals surface area contributed by atoms with E-state index < -0.39 is 0 Å². The molecule has 0 aliphatic heterocycles. The Hall–Kier alpha value is -0.830. The summed E-state index contributed by atoms with van der Waals surface area (Å²) in [5.41, 5.74) is 0. The summed E-state index contributed by atoms with van der Waals surface area (Å²) in [7, 11) is 0. The van der Waals surface area contributed by atoms with E-state index in [4.69, 9.17) is 4.74 Å². The highest BCUT2D eigenvalue weighted by molar-refractivity contribution is 5.71. The van der Waals surface area contributed by atoms with Gasteiger partial charge in [0.05, 0.1) is 13.2 Å². The van der Waals surface area contributed by atoms with Crippen LogP contribution in [-0.2, 0) is 9.53 Å². The molecular weight excluding hydrogens is 190 g/mol. The van der Waals surface area contributed by atoms with Crippen molar-refractivity contribution in [3.05, 3.63) is 12.7 Å². The van der Waals surface area contributed by atoms with Gasteiger partial charge in [0.1, 0.15) is 0 Å². The van der Waals surface area contributed by atoms with E-state index in [2.05, 4.69) is 18.4 Å². The molecule has 3 nitrogen and oxygen atoms in total. The minimum absolute atomic E-state index is 0.121. The second kappa shape index (κ2) is 9.71. The zero-order valence-electron chi connectivity index (χ0n) is 10.00. The van der Waals surface area contributed by atoms with E-state index in [-0.39, 0.29) is 5.97 Å². The van der Waals surface area contributed by atoms with Crippen LogP contribution in [0.5, 0.6) is 0 Å². The molecule has 0 bridgehead atoms. The SMILES string of the molecule is C=CCCCN(CCC)CC(=O)OCC. The average Bonchev–Trinajstić information content (AvgIpc) is 2.18. The molecule has 0 aliphatic rings. The van der Waals surface area contributed by atoms with E-state index >= 15 is 0 Å². The van der Waals surface area contributed by atoms with E-state index in [0.717, 1.165) is 32.4 Å². The predicted molar refractivity (Wildman–Crippen MR) is 62.8 cm³/mol. The van der Waals surface area contributed by atoms with Gasteiger partial charge in [0, 0.05) is 0 Å². The maximum absolute atomic E-state index is 11.3. The first kappa shape index (κ1) is 14.2. The summed E-state index contributed by atoms with van der Waals surface area (Å²) in [6.45, 7) is 10.4. The highest BCUT2D eigenvalue weighted by Crippen LogP contribution is 1.98. The van der Waals surface area contributed by atoms with Crippen LogP contribution < -0.4 is 0 Å². The summed E-state index contributed by atoms with van der Waals surface area (Å²) in [5.74, 6) is -0.121. The lowest BCUT2D eigenvalue weighted by Gasteiger charge is -2.19. The molecule has 0 aromatic rings. The lowest BCUT2D eigenvalue weighted by atomic mass is 10.3. The van der Waals surface area contributed by atoms with E-state index in [1.165, 1.54) is 0 Å². The average molecular weight is 213 g/mol. The van der Waals surface area contributed by atoms with E-state index in [1.807, 2.05) is 13.0 Å². The normalized spacial score (nSPS) is 10.3. The lowest BCUT2D eigenvalue weighted by molar-refractivity contribution is -0.144. The quantitative estimate of drug-likeness (QED) is 0.334. The first-order chi connectivity index (χ1) is 7.24.